The topological polar surface area (TPSA) is 54.9 Å². The highest BCUT2D eigenvalue weighted by molar-refractivity contribution is 5.77. The minimum Gasteiger partial charge on any atom is -0.484 e. The number of ether oxygens (including phenoxy) is 2. The molecule has 0 unspecified atom stereocenters. The Morgan fingerprint density at radius 1 is 1.26 bits per heavy atom. The number of carbonyl (C=O) groups is 1. The number of carbonyl (C=O) groups excluding carboxylic acids is 1. The van der Waals surface area contributed by atoms with E-state index >= 15 is 0 Å². The Kier molecular flexibility index (Phi) is 6.79. The van der Waals surface area contributed by atoms with Crippen LogP contribution in [0, 0.1) is 0 Å². The number of hydrogen-bond acceptors (Lipinski definition) is 5. The SMILES string of the molecule is C[C@H](c1cccnc1)N(C)Cc1ccc(OCC(=O)N2CCOCC2)cc1. The Hall–Kier alpha value is -2.44. The largest absolute Gasteiger partial charge is 0.484 e. The third-order valence-electron chi connectivity index (χ3n) is 4.91. The van der Waals surface area contributed by atoms with Gasteiger partial charge in [0.2, 0.25) is 0 Å². The molecular formula is C21H27N3O3. The van der Waals surface area contributed by atoms with Gasteiger partial charge in [0.25, 0.3) is 5.91 Å². The first-order chi connectivity index (χ1) is 13.1. The van der Waals surface area contributed by atoms with Crippen molar-refractivity contribution in [2.75, 3.05) is 40.0 Å². The van der Waals surface area contributed by atoms with Gasteiger partial charge < -0.3 is 14.4 Å². The zero-order valence-corrected chi connectivity index (χ0v) is 16.0. The van der Waals surface area contributed by atoms with Crippen LogP contribution in [0.15, 0.2) is 48.8 Å². The summed E-state index contributed by atoms with van der Waals surface area (Å²) in [6.07, 6.45) is 3.70. The standard InChI is InChI=1S/C21H27N3O3/c1-17(19-4-3-9-22-14-19)23(2)15-18-5-7-20(8-6-18)27-16-21(25)24-10-12-26-13-11-24/h3-9,14,17H,10-13,15-16H2,1-2H3/t17-/m1/s1. The molecule has 1 amide bonds. The molecule has 1 atom stereocenters. The summed E-state index contributed by atoms with van der Waals surface area (Å²) < 4.78 is 10.9. The molecule has 1 aromatic carbocycles. The molecule has 1 aliphatic rings. The number of aromatic nitrogens is 1. The summed E-state index contributed by atoms with van der Waals surface area (Å²) in [4.78, 5) is 20.4. The van der Waals surface area contributed by atoms with Gasteiger partial charge in [0.05, 0.1) is 13.2 Å². The second-order valence-corrected chi connectivity index (χ2v) is 6.80. The van der Waals surface area contributed by atoms with E-state index in [1.54, 1.807) is 11.1 Å². The molecule has 0 bridgehead atoms. The zero-order chi connectivity index (χ0) is 19.1. The molecule has 0 saturated carbocycles. The Morgan fingerprint density at radius 3 is 2.67 bits per heavy atom. The molecule has 2 heterocycles. The monoisotopic (exact) mass is 369 g/mol. The summed E-state index contributed by atoms with van der Waals surface area (Å²) >= 11 is 0. The van der Waals surface area contributed by atoms with E-state index < -0.39 is 0 Å². The average Bonchev–Trinajstić information content (AvgIpc) is 2.73. The van der Waals surface area contributed by atoms with Crippen LogP contribution in [0.3, 0.4) is 0 Å². The summed E-state index contributed by atoms with van der Waals surface area (Å²) in [6.45, 7) is 5.55. The van der Waals surface area contributed by atoms with Gasteiger partial charge in [-0.05, 0) is 43.3 Å². The van der Waals surface area contributed by atoms with Crippen LogP contribution in [-0.2, 0) is 16.1 Å². The van der Waals surface area contributed by atoms with Crippen LogP contribution in [0.1, 0.15) is 24.1 Å². The highest BCUT2D eigenvalue weighted by Gasteiger charge is 2.17. The first-order valence-corrected chi connectivity index (χ1v) is 9.31. The Bertz CT molecular complexity index is 715. The molecule has 27 heavy (non-hydrogen) atoms. The predicted octanol–water partition coefficient (Wildman–Crippen LogP) is 2.51. The lowest BCUT2D eigenvalue weighted by Crippen LogP contribution is -2.42. The molecule has 1 aliphatic heterocycles. The first kappa shape index (κ1) is 19.3. The van der Waals surface area contributed by atoms with Crippen molar-refractivity contribution in [3.05, 3.63) is 59.9 Å². The van der Waals surface area contributed by atoms with Crippen LogP contribution in [-0.4, -0.2) is 60.6 Å². The van der Waals surface area contributed by atoms with Crippen molar-refractivity contribution in [3.63, 3.8) is 0 Å². The molecule has 1 saturated heterocycles. The number of rotatable bonds is 7. The molecule has 0 radical (unpaired) electrons. The third-order valence-corrected chi connectivity index (χ3v) is 4.91. The first-order valence-electron chi connectivity index (χ1n) is 9.31. The average molecular weight is 369 g/mol. The van der Waals surface area contributed by atoms with Crippen molar-refractivity contribution in [2.45, 2.75) is 19.5 Å². The second kappa shape index (κ2) is 9.48. The lowest BCUT2D eigenvalue weighted by atomic mass is 10.1. The van der Waals surface area contributed by atoms with E-state index in [-0.39, 0.29) is 18.6 Å². The third kappa shape index (κ3) is 5.52. The number of morpholine rings is 1. The summed E-state index contributed by atoms with van der Waals surface area (Å²) in [5, 5.41) is 0. The van der Waals surface area contributed by atoms with Gasteiger partial charge in [-0.2, -0.15) is 0 Å². The van der Waals surface area contributed by atoms with Gasteiger partial charge >= 0.3 is 0 Å². The molecule has 3 rings (SSSR count). The summed E-state index contributed by atoms with van der Waals surface area (Å²) in [5.41, 5.74) is 2.39. The van der Waals surface area contributed by atoms with Gasteiger partial charge in [-0.3, -0.25) is 14.7 Å². The Balaban J connectivity index is 1.48. The van der Waals surface area contributed by atoms with Crippen LogP contribution >= 0.6 is 0 Å². The molecular weight excluding hydrogens is 342 g/mol. The molecule has 0 aliphatic carbocycles. The fourth-order valence-electron chi connectivity index (χ4n) is 3.04. The van der Waals surface area contributed by atoms with Crippen LogP contribution in [0.5, 0.6) is 5.75 Å². The van der Waals surface area contributed by atoms with Crippen molar-refractivity contribution >= 4 is 5.91 Å². The van der Waals surface area contributed by atoms with Gasteiger partial charge in [-0.15, -0.1) is 0 Å². The van der Waals surface area contributed by atoms with E-state index in [1.807, 2.05) is 36.5 Å². The quantitative estimate of drug-likeness (QED) is 0.751. The summed E-state index contributed by atoms with van der Waals surface area (Å²) in [6, 6.07) is 12.3. The van der Waals surface area contributed by atoms with Crippen LogP contribution in [0.2, 0.25) is 0 Å². The van der Waals surface area contributed by atoms with Crippen LogP contribution < -0.4 is 4.74 Å². The highest BCUT2D eigenvalue weighted by Crippen LogP contribution is 2.21. The number of pyridine rings is 1. The Labute approximate surface area is 160 Å². The number of amides is 1. The fraction of sp³-hybridized carbons (Fsp3) is 0.429. The normalized spacial score (nSPS) is 15.6. The molecule has 144 valence electrons. The minimum atomic E-state index is 0.00686. The predicted molar refractivity (Wildman–Crippen MR) is 103 cm³/mol. The highest BCUT2D eigenvalue weighted by atomic mass is 16.5. The number of benzene rings is 1. The molecule has 1 aromatic heterocycles. The number of nitrogens with zero attached hydrogens (tertiary/aromatic N) is 3. The van der Waals surface area contributed by atoms with E-state index in [0.717, 1.165) is 6.54 Å². The molecule has 1 fully saturated rings. The van der Waals surface area contributed by atoms with Crippen molar-refractivity contribution in [3.8, 4) is 5.75 Å². The lowest BCUT2D eigenvalue weighted by Gasteiger charge is -2.26. The van der Waals surface area contributed by atoms with Gasteiger partial charge in [0, 0.05) is 38.1 Å². The van der Waals surface area contributed by atoms with Crippen molar-refractivity contribution < 1.29 is 14.3 Å². The maximum atomic E-state index is 12.1. The smallest absolute Gasteiger partial charge is 0.260 e. The molecule has 6 nitrogen and oxygen atoms in total. The fourth-order valence-corrected chi connectivity index (χ4v) is 3.04. The molecule has 0 N–H and O–H groups in total. The van der Waals surface area contributed by atoms with Gasteiger partial charge in [0.15, 0.2) is 6.61 Å². The lowest BCUT2D eigenvalue weighted by molar-refractivity contribution is -0.137. The van der Waals surface area contributed by atoms with Gasteiger partial charge in [-0.25, -0.2) is 0 Å². The van der Waals surface area contributed by atoms with Crippen LogP contribution in [0.25, 0.3) is 0 Å². The van der Waals surface area contributed by atoms with E-state index in [2.05, 4.69) is 29.9 Å². The maximum Gasteiger partial charge on any atom is 0.260 e. The molecule has 2 aromatic rings. The van der Waals surface area contributed by atoms with Crippen molar-refractivity contribution in [2.24, 2.45) is 0 Å². The zero-order valence-electron chi connectivity index (χ0n) is 16.0. The maximum absolute atomic E-state index is 12.1. The molecule has 6 heteroatoms. The van der Waals surface area contributed by atoms with Gasteiger partial charge in [0.1, 0.15) is 5.75 Å². The van der Waals surface area contributed by atoms with E-state index in [4.69, 9.17) is 9.47 Å². The summed E-state index contributed by atoms with van der Waals surface area (Å²) in [5.74, 6) is 0.718. The van der Waals surface area contributed by atoms with E-state index in [1.165, 1.54) is 11.1 Å². The molecule has 0 spiro atoms. The summed E-state index contributed by atoms with van der Waals surface area (Å²) in [7, 11) is 2.10. The van der Waals surface area contributed by atoms with Crippen molar-refractivity contribution in [1.82, 2.24) is 14.8 Å². The van der Waals surface area contributed by atoms with Crippen LogP contribution in [0.4, 0.5) is 0 Å². The van der Waals surface area contributed by atoms with E-state index in [0.29, 0.717) is 32.1 Å². The van der Waals surface area contributed by atoms with Gasteiger partial charge in [-0.1, -0.05) is 18.2 Å². The Morgan fingerprint density at radius 2 is 2.00 bits per heavy atom. The van der Waals surface area contributed by atoms with E-state index in [9.17, 15) is 4.79 Å². The van der Waals surface area contributed by atoms with Crippen molar-refractivity contribution in [1.29, 1.82) is 0 Å². The minimum absolute atomic E-state index is 0.00686. The number of hydrogen-bond donors (Lipinski definition) is 0. The second-order valence-electron chi connectivity index (χ2n) is 6.80.